The Balaban J connectivity index is 1.49. The van der Waals surface area contributed by atoms with Crippen LogP contribution in [0.25, 0.3) is 0 Å². The molecule has 2 rings (SSSR count). The van der Waals surface area contributed by atoms with Gasteiger partial charge in [-0.25, -0.2) is 0 Å². The van der Waals surface area contributed by atoms with Crippen molar-refractivity contribution in [3.8, 4) is 0 Å². The zero-order valence-corrected chi connectivity index (χ0v) is 14.2. The van der Waals surface area contributed by atoms with Crippen molar-refractivity contribution in [3.05, 3.63) is 35.4 Å². The molecule has 0 aliphatic heterocycles. The van der Waals surface area contributed by atoms with Crippen molar-refractivity contribution in [3.63, 3.8) is 0 Å². The molecule has 0 atom stereocenters. The van der Waals surface area contributed by atoms with E-state index in [1.807, 2.05) is 0 Å². The molecular weight excluding hydrogens is 254 g/mol. The molecule has 118 valence electrons. The van der Waals surface area contributed by atoms with E-state index in [9.17, 15) is 0 Å². The van der Waals surface area contributed by atoms with Gasteiger partial charge in [0, 0.05) is 6.04 Å². The topological polar surface area (TPSA) is 12.0 Å². The van der Waals surface area contributed by atoms with Crippen LogP contribution in [-0.2, 0) is 0 Å². The Bertz CT molecular complexity index is 404. The molecular formula is C20H33N. The van der Waals surface area contributed by atoms with Gasteiger partial charge in [0.05, 0.1) is 0 Å². The highest BCUT2D eigenvalue weighted by Gasteiger charge is 2.29. The van der Waals surface area contributed by atoms with Crippen LogP contribution >= 0.6 is 0 Å². The van der Waals surface area contributed by atoms with Crippen molar-refractivity contribution in [1.82, 2.24) is 5.32 Å². The summed E-state index contributed by atoms with van der Waals surface area (Å²) in [5.74, 6) is 1.67. The van der Waals surface area contributed by atoms with Crippen molar-refractivity contribution in [2.24, 2.45) is 5.92 Å². The first-order valence-corrected chi connectivity index (χ1v) is 8.95. The third-order valence-corrected chi connectivity index (χ3v) is 4.79. The van der Waals surface area contributed by atoms with E-state index < -0.39 is 0 Å². The first kappa shape index (κ1) is 16.5. The van der Waals surface area contributed by atoms with Crippen LogP contribution in [0.2, 0.25) is 0 Å². The summed E-state index contributed by atoms with van der Waals surface area (Å²) in [5, 5.41) is 3.73. The molecule has 1 aromatic carbocycles. The third-order valence-electron chi connectivity index (χ3n) is 4.79. The van der Waals surface area contributed by atoms with Crippen molar-refractivity contribution in [1.29, 1.82) is 0 Å². The molecule has 21 heavy (non-hydrogen) atoms. The fourth-order valence-electron chi connectivity index (χ4n) is 3.32. The molecule has 1 heteroatoms. The average molecular weight is 287 g/mol. The average Bonchev–Trinajstić information content (AvgIpc) is 2.39. The van der Waals surface area contributed by atoms with Gasteiger partial charge in [-0.15, -0.1) is 0 Å². The maximum Gasteiger partial charge on any atom is 0.00787 e. The predicted molar refractivity (Wildman–Crippen MR) is 92.9 cm³/mol. The van der Waals surface area contributed by atoms with Crippen LogP contribution < -0.4 is 5.32 Å². The van der Waals surface area contributed by atoms with Crippen LogP contribution in [0.4, 0.5) is 0 Å². The Morgan fingerprint density at radius 2 is 1.86 bits per heavy atom. The minimum Gasteiger partial charge on any atom is -0.314 e. The zero-order valence-electron chi connectivity index (χ0n) is 14.2. The molecule has 1 aliphatic carbocycles. The number of unbranched alkanes of at least 4 members (excludes halogenated alkanes) is 3. The minimum absolute atomic E-state index is 0.770. The summed E-state index contributed by atoms with van der Waals surface area (Å²) in [6, 6.07) is 9.81. The first-order chi connectivity index (χ1) is 10.1. The van der Waals surface area contributed by atoms with Crippen LogP contribution in [-0.4, -0.2) is 12.6 Å². The second-order valence-corrected chi connectivity index (χ2v) is 7.33. The lowest BCUT2D eigenvalue weighted by molar-refractivity contribution is 0.289. The van der Waals surface area contributed by atoms with E-state index >= 15 is 0 Å². The number of nitrogens with one attached hydrogen (secondary N) is 1. The highest BCUT2D eigenvalue weighted by molar-refractivity contribution is 5.27. The molecule has 1 saturated carbocycles. The largest absolute Gasteiger partial charge is 0.314 e. The standard InChI is InChI=1S/C20H33N/c1-16(2)9-6-4-5-7-12-21-20-14-19(15-20)18-11-8-10-17(3)13-18/h8,10-11,13,16,19-21H,4-7,9,12,14-15H2,1-3H3. The number of benzene rings is 1. The monoisotopic (exact) mass is 287 g/mol. The fourth-order valence-corrected chi connectivity index (χ4v) is 3.32. The van der Waals surface area contributed by atoms with Crippen LogP contribution in [0.15, 0.2) is 24.3 Å². The summed E-state index contributed by atoms with van der Waals surface area (Å²) in [5.41, 5.74) is 2.94. The molecule has 0 saturated heterocycles. The zero-order chi connectivity index (χ0) is 15.1. The van der Waals surface area contributed by atoms with Gasteiger partial charge in [0.15, 0.2) is 0 Å². The smallest absolute Gasteiger partial charge is 0.00787 e. The molecule has 0 amide bonds. The molecule has 0 aromatic heterocycles. The summed E-state index contributed by atoms with van der Waals surface area (Å²) >= 11 is 0. The van der Waals surface area contributed by atoms with E-state index in [2.05, 4.69) is 50.4 Å². The Hall–Kier alpha value is -0.820. The summed E-state index contributed by atoms with van der Waals surface area (Å²) in [6.07, 6.45) is 9.63. The first-order valence-electron chi connectivity index (χ1n) is 8.95. The molecule has 1 nitrogen and oxygen atoms in total. The molecule has 1 N–H and O–H groups in total. The Morgan fingerprint density at radius 1 is 1.10 bits per heavy atom. The van der Waals surface area contributed by atoms with Gasteiger partial charge < -0.3 is 5.32 Å². The van der Waals surface area contributed by atoms with Gasteiger partial charge in [-0.3, -0.25) is 0 Å². The van der Waals surface area contributed by atoms with Gasteiger partial charge in [0.25, 0.3) is 0 Å². The van der Waals surface area contributed by atoms with E-state index in [0.717, 1.165) is 17.9 Å². The van der Waals surface area contributed by atoms with Gasteiger partial charge in [-0.1, -0.05) is 69.4 Å². The molecule has 1 aromatic rings. The van der Waals surface area contributed by atoms with Crippen molar-refractivity contribution < 1.29 is 0 Å². The maximum absolute atomic E-state index is 3.73. The summed E-state index contributed by atoms with van der Waals surface area (Å²) in [4.78, 5) is 0. The lowest BCUT2D eigenvalue weighted by atomic mass is 9.75. The summed E-state index contributed by atoms with van der Waals surface area (Å²) in [7, 11) is 0. The summed E-state index contributed by atoms with van der Waals surface area (Å²) < 4.78 is 0. The molecule has 0 bridgehead atoms. The molecule has 1 aliphatic rings. The van der Waals surface area contributed by atoms with Gasteiger partial charge >= 0.3 is 0 Å². The predicted octanol–water partition coefficient (Wildman–Crippen LogP) is 5.44. The van der Waals surface area contributed by atoms with Crippen LogP contribution in [0.1, 0.15) is 75.8 Å². The molecule has 0 radical (unpaired) electrons. The second-order valence-electron chi connectivity index (χ2n) is 7.33. The lowest BCUT2D eigenvalue weighted by Crippen LogP contribution is -2.40. The normalized spacial score (nSPS) is 21.5. The highest BCUT2D eigenvalue weighted by atomic mass is 14.9. The number of hydrogen-bond acceptors (Lipinski definition) is 1. The quantitative estimate of drug-likeness (QED) is 0.597. The minimum atomic E-state index is 0.770. The maximum atomic E-state index is 3.73. The third kappa shape index (κ3) is 5.82. The van der Waals surface area contributed by atoms with Crippen molar-refractivity contribution >= 4 is 0 Å². The SMILES string of the molecule is Cc1cccc(C2CC(NCCCCCCC(C)C)C2)c1. The van der Waals surface area contributed by atoms with E-state index in [0.29, 0.717) is 0 Å². The van der Waals surface area contributed by atoms with Crippen LogP contribution in [0.3, 0.4) is 0 Å². The Labute approximate surface area is 131 Å². The van der Waals surface area contributed by atoms with Gasteiger partial charge in [0.2, 0.25) is 0 Å². The Kier molecular flexibility index (Phi) is 6.76. The summed E-state index contributed by atoms with van der Waals surface area (Å²) in [6.45, 7) is 8.05. The van der Waals surface area contributed by atoms with E-state index in [4.69, 9.17) is 0 Å². The van der Waals surface area contributed by atoms with E-state index in [-0.39, 0.29) is 0 Å². The molecule has 0 heterocycles. The van der Waals surface area contributed by atoms with Gasteiger partial charge in [0.1, 0.15) is 0 Å². The number of hydrogen-bond donors (Lipinski definition) is 1. The Morgan fingerprint density at radius 3 is 2.57 bits per heavy atom. The van der Waals surface area contributed by atoms with Gasteiger partial charge in [-0.2, -0.15) is 0 Å². The van der Waals surface area contributed by atoms with E-state index in [1.54, 1.807) is 5.56 Å². The second kappa shape index (κ2) is 8.58. The number of aryl methyl sites for hydroxylation is 1. The van der Waals surface area contributed by atoms with Crippen LogP contribution in [0.5, 0.6) is 0 Å². The fraction of sp³-hybridized carbons (Fsp3) is 0.700. The van der Waals surface area contributed by atoms with Crippen molar-refractivity contribution in [2.45, 2.75) is 77.7 Å². The lowest BCUT2D eigenvalue weighted by Gasteiger charge is -2.36. The molecule has 1 fully saturated rings. The van der Waals surface area contributed by atoms with Crippen molar-refractivity contribution in [2.75, 3.05) is 6.54 Å². The highest BCUT2D eigenvalue weighted by Crippen LogP contribution is 2.37. The number of rotatable bonds is 9. The molecule has 0 unspecified atom stereocenters. The van der Waals surface area contributed by atoms with Gasteiger partial charge in [-0.05, 0) is 50.1 Å². The van der Waals surface area contributed by atoms with Crippen LogP contribution in [0, 0.1) is 12.8 Å². The molecule has 0 spiro atoms. The van der Waals surface area contributed by atoms with E-state index in [1.165, 1.54) is 57.1 Å².